The lowest BCUT2D eigenvalue weighted by atomic mass is 9.95. The second-order valence-electron chi connectivity index (χ2n) is 12.8. The van der Waals surface area contributed by atoms with E-state index in [4.69, 9.17) is 9.41 Å². The second-order valence-corrected chi connectivity index (χ2v) is 12.8. The molecule has 1 aliphatic heterocycles. The number of rotatable bonds is 5. The molecule has 0 aliphatic carbocycles. The summed E-state index contributed by atoms with van der Waals surface area (Å²) in [6.45, 7) is 0. The minimum absolute atomic E-state index is 0.0291. The third kappa shape index (κ3) is 4.65. The van der Waals surface area contributed by atoms with Crippen LogP contribution in [0.5, 0.6) is 0 Å². The molecule has 10 rings (SSSR count). The molecule has 2 aromatic heterocycles. The summed E-state index contributed by atoms with van der Waals surface area (Å²) in [5.41, 5.74) is 12.0. The van der Waals surface area contributed by atoms with Crippen LogP contribution in [0, 0.1) is 0 Å². The van der Waals surface area contributed by atoms with Gasteiger partial charge in [-0.05, 0) is 64.7 Å². The Bertz CT molecular complexity index is 2770. The fourth-order valence-electron chi connectivity index (χ4n) is 7.49. The van der Waals surface area contributed by atoms with Crippen LogP contribution in [-0.2, 0) is 0 Å². The summed E-state index contributed by atoms with van der Waals surface area (Å²) in [4.78, 5) is 5.04. The van der Waals surface area contributed by atoms with Gasteiger partial charge in [0.2, 0.25) is 0 Å². The van der Waals surface area contributed by atoms with E-state index >= 15 is 0 Å². The predicted molar refractivity (Wildman–Crippen MR) is 207 cm³/mol. The SMILES string of the molecule is C1=C(c2ccccc2)N=C(c2ccccc2)NC1c1ccc(-c2cccc3c2c2ccccc2n3-c2ccc3oc4ccccc4c3c2)cc1. The molecule has 0 saturated heterocycles. The normalized spacial score (nSPS) is 14.6. The number of benzene rings is 7. The molecule has 4 nitrogen and oxygen atoms in total. The molecule has 0 radical (unpaired) electrons. The number of hydrogen-bond acceptors (Lipinski definition) is 3. The Balaban J connectivity index is 1.07. The highest BCUT2D eigenvalue weighted by Gasteiger charge is 2.21. The number of furan rings is 1. The first-order valence-electron chi connectivity index (χ1n) is 17.0. The van der Waals surface area contributed by atoms with Crippen LogP contribution in [0.15, 0.2) is 185 Å². The second kappa shape index (κ2) is 11.5. The minimum Gasteiger partial charge on any atom is -0.456 e. The van der Waals surface area contributed by atoms with E-state index in [9.17, 15) is 0 Å². The molecule has 0 saturated carbocycles. The predicted octanol–water partition coefficient (Wildman–Crippen LogP) is 11.5. The third-order valence-electron chi connectivity index (χ3n) is 9.86. The molecule has 0 spiro atoms. The van der Waals surface area contributed by atoms with Gasteiger partial charge in [-0.15, -0.1) is 0 Å². The van der Waals surface area contributed by atoms with E-state index in [-0.39, 0.29) is 6.04 Å². The van der Waals surface area contributed by atoms with Gasteiger partial charge in [-0.25, -0.2) is 4.99 Å². The van der Waals surface area contributed by atoms with Crippen LogP contribution in [-0.4, -0.2) is 10.4 Å². The van der Waals surface area contributed by atoms with Gasteiger partial charge in [0.25, 0.3) is 0 Å². The van der Waals surface area contributed by atoms with Gasteiger partial charge in [-0.1, -0.05) is 133 Å². The summed E-state index contributed by atoms with van der Waals surface area (Å²) in [7, 11) is 0. The summed E-state index contributed by atoms with van der Waals surface area (Å²) in [6, 6.07) is 59.9. The molecule has 9 aromatic rings. The minimum atomic E-state index is -0.0291. The third-order valence-corrected chi connectivity index (χ3v) is 9.86. The first kappa shape index (κ1) is 28.4. The zero-order chi connectivity index (χ0) is 33.0. The van der Waals surface area contributed by atoms with Crippen LogP contribution in [0.2, 0.25) is 0 Å². The zero-order valence-electron chi connectivity index (χ0n) is 27.1. The van der Waals surface area contributed by atoms with E-state index in [1.807, 2.05) is 24.3 Å². The number of hydrogen-bond donors (Lipinski definition) is 1. The molecule has 236 valence electrons. The summed E-state index contributed by atoms with van der Waals surface area (Å²) in [6.07, 6.45) is 2.23. The molecule has 1 aliphatic rings. The first-order valence-corrected chi connectivity index (χ1v) is 17.0. The van der Waals surface area contributed by atoms with Crippen molar-refractivity contribution in [3.8, 4) is 16.8 Å². The Morgan fingerprint density at radius 1 is 0.520 bits per heavy atom. The Labute approximate surface area is 289 Å². The lowest BCUT2D eigenvalue weighted by Crippen LogP contribution is -2.31. The molecule has 50 heavy (non-hydrogen) atoms. The van der Waals surface area contributed by atoms with Gasteiger partial charge in [0.15, 0.2) is 0 Å². The van der Waals surface area contributed by atoms with Gasteiger partial charge in [0, 0.05) is 32.8 Å². The number of aliphatic imine (C=N–C) groups is 1. The van der Waals surface area contributed by atoms with Crippen molar-refractivity contribution in [2.24, 2.45) is 4.99 Å². The van der Waals surface area contributed by atoms with E-state index in [1.165, 1.54) is 38.5 Å². The van der Waals surface area contributed by atoms with Crippen LogP contribution in [0.1, 0.15) is 22.7 Å². The summed E-state index contributed by atoms with van der Waals surface area (Å²) in [5.74, 6) is 0.875. The number of aromatic nitrogens is 1. The zero-order valence-corrected chi connectivity index (χ0v) is 27.1. The summed E-state index contributed by atoms with van der Waals surface area (Å²) < 4.78 is 8.55. The maximum atomic E-state index is 6.16. The average molecular weight is 642 g/mol. The van der Waals surface area contributed by atoms with Crippen molar-refractivity contribution in [3.05, 3.63) is 193 Å². The van der Waals surface area contributed by atoms with Crippen molar-refractivity contribution >= 4 is 55.3 Å². The lowest BCUT2D eigenvalue weighted by Gasteiger charge is -2.24. The molecule has 0 bridgehead atoms. The van der Waals surface area contributed by atoms with E-state index in [2.05, 4.69) is 162 Å². The van der Waals surface area contributed by atoms with Gasteiger partial charge < -0.3 is 14.3 Å². The highest BCUT2D eigenvalue weighted by atomic mass is 16.3. The van der Waals surface area contributed by atoms with Gasteiger partial charge in [0.1, 0.15) is 17.0 Å². The Hall–Kier alpha value is -6.65. The lowest BCUT2D eigenvalue weighted by molar-refractivity contribution is 0.669. The van der Waals surface area contributed by atoms with Crippen molar-refractivity contribution in [2.45, 2.75) is 6.04 Å². The van der Waals surface area contributed by atoms with Crippen LogP contribution in [0.4, 0.5) is 0 Å². The Kier molecular flexibility index (Phi) is 6.53. The van der Waals surface area contributed by atoms with Crippen LogP contribution >= 0.6 is 0 Å². The summed E-state index contributed by atoms with van der Waals surface area (Å²) in [5, 5.41) is 8.43. The number of para-hydroxylation sites is 2. The maximum absolute atomic E-state index is 6.16. The van der Waals surface area contributed by atoms with E-state index in [0.717, 1.165) is 50.3 Å². The molecule has 1 unspecified atom stereocenters. The quantitative estimate of drug-likeness (QED) is 0.203. The Morgan fingerprint density at radius 2 is 1.20 bits per heavy atom. The van der Waals surface area contributed by atoms with Crippen LogP contribution in [0.3, 0.4) is 0 Å². The molecular formula is C46H31N3O. The first-order chi connectivity index (χ1) is 24.8. The van der Waals surface area contributed by atoms with Gasteiger partial charge in [-0.3, -0.25) is 0 Å². The molecule has 1 N–H and O–H groups in total. The van der Waals surface area contributed by atoms with Crippen molar-refractivity contribution in [2.75, 3.05) is 0 Å². The molecule has 3 heterocycles. The molecule has 7 aromatic carbocycles. The largest absolute Gasteiger partial charge is 0.456 e. The summed E-state index contributed by atoms with van der Waals surface area (Å²) >= 11 is 0. The van der Waals surface area contributed by atoms with Crippen molar-refractivity contribution in [3.63, 3.8) is 0 Å². The monoisotopic (exact) mass is 641 g/mol. The molecule has 0 amide bonds. The standard InChI is InChI=1S/C46H31N3O/c1-3-12-31(13-4-1)39-29-40(48-46(47-39)33-14-5-2-6-15-33)32-24-22-30(23-25-32)35-18-11-20-42-45(35)37-17-7-9-19-41(37)49(42)34-26-27-44-38(28-34)36-16-8-10-21-43(36)50-44/h1-29,40H,(H,47,48). The van der Waals surface area contributed by atoms with Crippen molar-refractivity contribution < 1.29 is 4.42 Å². The molecule has 4 heteroatoms. The maximum Gasteiger partial charge on any atom is 0.135 e. The van der Waals surface area contributed by atoms with Gasteiger partial charge in [0.05, 0.1) is 22.8 Å². The number of fused-ring (bicyclic) bond motifs is 6. The number of nitrogens with one attached hydrogen (secondary N) is 1. The fraction of sp³-hybridized carbons (Fsp3) is 0.0217. The highest BCUT2D eigenvalue weighted by molar-refractivity contribution is 6.16. The number of amidine groups is 1. The Morgan fingerprint density at radius 3 is 2.02 bits per heavy atom. The molecule has 1 atom stereocenters. The van der Waals surface area contributed by atoms with E-state index in [0.29, 0.717) is 0 Å². The average Bonchev–Trinajstić information content (AvgIpc) is 3.74. The highest BCUT2D eigenvalue weighted by Crippen LogP contribution is 2.40. The smallest absolute Gasteiger partial charge is 0.135 e. The topological polar surface area (TPSA) is 42.5 Å². The molecule has 0 fully saturated rings. The van der Waals surface area contributed by atoms with E-state index in [1.54, 1.807) is 0 Å². The van der Waals surface area contributed by atoms with E-state index < -0.39 is 0 Å². The van der Waals surface area contributed by atoms with Crippen LogP contribution in [0.25, 0.3) is 66.3 Å². The fourth-order valence-corrected chi connectivity index (χ4v) is 7.49. The molecular weight excluding hydrogens is 611 g/mol. The van der Waals surface area contributed by atoms with Gasteiger partial charge in [-0.2, -0.15) is 0 Å². The number of nitrogens with zero attached hydrogens (tertiary/aromatic N) is 2. The van der Waals surface area contributed by atoms with Crippen molar-refractivity contribution in [1.82, 2.24) is 9.88 Å². The van der Waals surface area contributed by atoms with Crippen molar-refractivity contribution in [1.29, 1.82) is 0 Å². The van der Waals surface area contributed by atoms with Crippen LogP contribution < -0.4 is 5.32 Å². The van der Waals surface area contributed by atoms with Gasteiger partial charge >= 0.3 is 0 Å².